The molecule has 8 nitrogen and oxygen atoms in total. The van der Waals surface area contributed by atoms with E-state index in [-0.39, 0.29) is 0 Å². The molecular weight excluding hydrogens is 274 g/mol. The van der Waals surface area contributed by atoms with Crippen LogP contribution < -0.4 is 5.14 Å². The molecule has 0 aromatic carbocycles. The average Bonchev–Trinajstić information content (AvgIpc) is 2.25. The Kier molecular flexibility index (Phi) is 3.54. The number of hydrogen-bond acceptors (Lipinski definition) is 6. The fourth-order valence-electron chi connectivity index (χ4n) is 1.17. The molecule has 0 saturated heterocycles. The van der Waals surface area contributed by atoms with Crippen LogP contribution in [-0.4, -0.2) is 18.3 Å². The molecule has 11 heteroatoms. The third kappa shape index (κ3) is 2.55. The van der Waals surface area contributed by atoms with E-state index in [1.807, 2.05) is 0 Å². The number of nitrogens with two attached hydrogens (primary N) is 1. The van der Waals surface area contributed by atoms with Gasteiger partial charge in [-0.2, -0.15) is 5.26 Å². The minimum Gasteiger partial charge on any atom is -0.258 e. The highest BCUT2D eigenvalue weighted by molar-refractivity contribution is 7.89. The van der Waals surface area contributed by atoms with Crippen LogP contribution in [0.4, 0.5) is 14.5 Å². The molecule has 0 amide bonds. The van der Waals surface area contributed by atoms with Crippen molar-refractivity contribution < 1.29 is 22.1 Å². The van der Waals surface area contributed by atoms with E-state index in [1.165, 1.54) is 6.07 Å². The first-order valence-corrected chi connectivity index (χ1v) is 5.63. The minimum atomic E-state index is -4.77. The van der Waals surface area contributed by atoms with Crippen LogP contribution in [0.3, 0.4) is 0 Å². The number of sulfonamides is 1. The molecular formula is C7H4F2N4O4S. The Morgan fingerprint density at radius 3 is 2.44 bits per heavy atom. The second-order valence-electron chi connectivity index (χ2n) is 2.96. The summed E-state index contributed by atoms with van der Waals surface area (Å²) < 4.78 is 47.4. The predicted octanol–water partition coefficient (Wildman–Crippen LogP) is 0.446. The fraction of sp³-hybridized carbons (Fsp3) is 0.143. The minimum absolute atomic E-state index is 0.464. The molecule has 18 heavy (non-hydrogen) atoms. The van der Waals surface area contributed by atoms with Crippen molar-refractivity contribution in [2.45, 2.75) is 11.3 Å². The second kappa shape index (κ2) is 4.59. The summed E-state index contributed by atoms with van der Waals surface area (Å²) in [7, 11) is -4.77. The molecule has 0 atom stereocenters. The average molecular weight is 278 g/mol. The zero-order valence-electron chi connectivity index (χ0n) is 8.37. The third-order valence-corrected chi connectivity index (χ3v) is 2.77. The maximum Gasteiger partial charge on any atom is 0.294 e. The van der Waals surface area contributed by atoms with Gasteiger partial charge in [-0.3, -0.25) is 10.1 Å². The maximum atomic E-state index is 12.6. The van der Waals surface area contributed by atoms with Crippen LogP contribution in [0.5, 0.6) is 0 Å². The van der Waals surface area contributed by atoms with Gasteiger partial charge in [-0.1, -0.05) is 0 Å². The van der Waals surface area contributed by atoms with Crippen molar-refractivity contribution in [3.05, 3.63) is 27.6 Å². The molecule has 0 aliphatic rings. The quantitative estimate of drug-likeness (QED) is 0.628. The van der Waals surface area contributed by atoms with Gasteiger partial charge in [0.15, 0.2) is 4.90 Å². The number of aromatic nitrogens is 1. The number of alkyl halides is 2. The van der Waals surface area contributed by atoms with Crippen LogP contribution in [0.1, 0.15) is 17.8 Å². The fourth-order valence-corrected chi connectivity index (χ4v) is 2.02. The summed E-state index contributed by atoms with van der Waals surface area (Å²) in [6.45, 7) is 0. The molecule has 0 aliphatic carbocycles. The molecule has 0 radical (unpaired) electrons. The van der Waals surface area contributed by atoms with Crippen LogP contribution in [0.2, 0.25) is 0 Å². The van der Waals surface area contributed by atoms with Crippen LogP contribution in [-0.2, 0) is 10.0 Å². The van der Waals surface area contributed by atoms with Gasteiger partial charge in [-0.15, -0.1) is 0 Å². The highest BCUT2D eigenvalue weighted by Gasteiger charge is 2.33. The van der Waals surface area contributed by atoms with Crippen molar-refractivity contribution in [2.24, 2.45) is 5.14 Å². The van der Waals surface area contributed by atoms with Gasteiger partial charge in [0.2, 0.25) is 10.0 Å². The normalized spacial score (nSPS) is 11.3. The Morgan fingerprint density at radius 2 is 2.11 bits per heavy atom. The zero-order valence-corrected chi connectivity index (χ0v) is 9.19. The summed E-state index contributed by atoms with van der Waals surface area (Å²) in [5, 5.41) is 23.7. The van der Waals surface area contributed by atoms with E-state index in [2.05, 4.69) is 10.1 Å². The van der Waals surface area contributed by atoms with Gasteiger partial charge in [0.25, 0.3) is 12.1 Å². The zero-order chi connectivity index (χ0) is 14.1. The summed E-state index contributed by atoms with van der Waals surface area (Å²) in [5.74, 6) is 0. The number of hydrogen-bond donors (Lipinski definition) is 1. The Bertz CT molecular complexity index is 652. The van der Waals surface area contributed by atoms with E-state index in [0.717, 1.165) is 0 Å². The number of nitrogens with zero attached hydrogens (tertiary/aromatic N) is 3. The number of primary sulfonamides is 1. The van der Waals surface area contributed by atoms with Crippen molar-refractivity contribution in [1.29, 1.82) is 5.26 Å². The van der Waals surface area contributed by atoms with E-state index >= 15 is 0 Å². The molecule has 0 spiro atoms. The Labute approximate surface area is 98.9 Å². The smallest absolute Gasteiger partial charge is 0.258 e. The van der Waals surface area contributed by atoms with Crippen LogP contribution in [0, 0.1) is 21.4 Å². The van der Waals surface area contributed by atoms with Crippen molar-refractivity contribution in [1.82, 2.24) is 4.98 Å². The lowest BCUT2D eigenvalue weighted by molar-refractivity contribution is -0.388. The molecule has 1 heterocycles. The van der Waals surface area contributed by atoms with Gasteiger partial charge in [0, 0.05) is 0 Å². The third-order valence-electron chi connectivity index (χ3n) is 1.78. The lowest BCUT2D eigenvalue weighted by Crippen LogP contribution is -2.18. The topological polar surface area (TPSA) is 140 Å². The van der Waals surface area contributed by atoms with Crippen molar-refractivity contribution in [2.75, 3.05) is 0 Å². The Morgan fingerprint density at radius 1 is 1.56 bits per heavy atom. The number of nitro groups is 1. The molecule has 1 aromatic rings. The maximum absolute atomic E-state index is 12.6. The molecule has 1 aromatic heterocycles. The van der Waals surface area contributed by atoms with Gasteiger partial charge in [0.1, 0.15) is 17.5 Å². The van der Waals surface area contributed by atoms with E-state index in [1.54, 1.807) is 0 Å². The molecule has 0 bridgehead atoms. The highest BCUT2D eigenvalue weighted by Crippen LogP contribution is 2.31. The molecule has 0 aliphatic heterocycles. The molecule has 1 rings (SSSR count). The largest absolute Gasteiger partial charge is 0.294 e. The molecule has 96 valence electrons. The van der Waals surface area contributed by atoms with E-state index < -0.39 is 43.3 Å². The molecule has 0 unspecified atom stereocenters. The van der Waals surface area contributed by atoms with Gasteiger partial charge in [-0.05, 0) is 0 Å². The highest BCUT2D eigenvalue weighted by atomic mass is 32.2. The van der Waals surface area contributed by atoms with Gasteiger partial charge < -0.3 is 0 Å². The molecule has 2 N–H and O–H groups in total. The Hall–Kier alpha value is -2.19. The summed E-state index contributed by atoms with van der Waals surface area (Å²) >= 11 is 0. The van der Waals surface area contributed by atoms with Gasteiger partial charge in [-0.25, -0.2) is 27.3 Å². The Balaban J connectivity index is 3.86. The van der Waals surface area contributed by atoms with Gasteiger partial charge >= 0.3 is 0 Å². The van der Waals surface area contributed by atoms with Gasteiger partial charge in [0.05, 0.1) is 11.0 Å². The number of nitriles is 1. The van der Waals surface area contributed by atoms with Crippen molar-refractivity contribution in [3.63, 3.8) is 0 Å². The first-order valence-electron chi connectivity index (χ1n) is 4.09. The van der Waals surface area contributed by atoms with Crippen LogP contribution in [0.25, 0.3) is 0 Å². The standard InChI is InChI=1S/C7H4F2N4O4S/c8-7(9)5-6(18(11,16)17)4(13(14)15)1-3(2-10)12-5/h1,7H,(H2,11,16,17). The summed E-state index contributed by atoms with van der Waals surface area (Å²) in [4.78, 5) is 11.0. The first kappa shape index (κ1) is 13.9. The predicted molar refractivity (Wildman–Crippen MR) is 51.9 cm³/mol. The van der Waals surface area contributed by atoms with E-state index in [9.17, 15) is 27.3 Å². The molecule has 0 saturated carbocycles. The summed E-state index contributed by atoms with van der Waals surface area (Å²) in [6, 6.07) is 1.78. The number of halogens is 2. The second-order valence-corrected chi connectivity index (χ2v) is 4.45. The number of rotatable bonds is 3. The van der Waals surface area contributed by atoms with Crippen molar-refractivity contribution >= 4 is 15.7 Å². The first-order chi connectivity index (χ1) is 8.18. The number of pyridine rings is 1. The molecule has 0 fully saturated rings. The lowest BCUT2D eigenvalue weighted by atomic mass is 10.2. The van der Waals surface area contributed by atoms with Crippen LogP contribution >= 0.6 is 0 Å². The SMILES string of the molecule is N#Cc1cc([N+](=O)[O-])c(S(N)(=O)=O)c(C(F)F)n1. The van der Waals surface area contributed by atoms with E-state index in [0.29, 0.717) is 6.07 Å². The van der Waals surface area contributed by atoms with Crippen LogP contribution in [0.15, 0.2) is 11.0 Å². The monoisotopic (exact) mass is 278 g/mol. The lowest BCUT2D eigenvalue weighted by Gasteiger charge is -2.06. The van der Waals surface area contributed by atoms with E-state index in [4.69, 9.17) is 5.26 Å². The van der Waals surface area contributed by atoms with Crippen molar-refractivity contribution in [3.8, 4) is 6.07 Å². The summed E-state index contributed by atoms with van der Waals surface area (Å²) in [6.07, 6.45) is -3.43. The summed E-state index contributed by atoms with van der Waals surface area (Å²) in [5.41, 5.74) is -3.33.